The van der Waals surface area contributed by atoms with E-state index in [0.717, 1.165) is 43.2 Å². The Bertz CT molecular complexity index is 1040. The minimum atomic E-state index is -0.169. The SMILES string of the molecule is COc1cccc(CNC(=O)c2cnc(C3CCN(Cc4ccncc4)C3)nc2C)c1. The zero-order valence-corrected chi connectivity index (χ0v) is 17.9. The zero-order chi connectivity index (χ0) is 21.6. The molecule has 4 rings (SSSR count). The maximum absolute atomic E-state index is 12.6. The average molecular weight is 418 g/mol. The molecule has 1 N–H and O–H groups in total. The quantitative estimate of drug-likeness (QED) is 0.636. The van der Waals surface area contributed by atoms with Crippen molar-refractivity contribution in [1.29, 1.82) is 0 Å². The van der Waals surface area contributed by atoms with Gasteiger partial charge in [0.2, 0.25) is 0 Å². The van der Waals surface area contributed by atoms with Gasteiger partial charge in [0.05, 0.1) is 18.4 Å². The molecule has 1 amide bonds. The summed E-state index contributed by atoms with van der Waals surface area (Å²) in [5, 5.41) is 2.94. The lowest BCUT2D eigenvalue weighted by Gasteiger charge is -2.16. The largest absolute Gasteiger partial charge is 0.497 e. The summed E-state index contributed by atoms with van der Waals surface area (Å²) >= 11 is 0. The van der Waals surface area contributed by atoms with E-state index in [1.807, 2.05) is 55.7 Å². The van der Waals surface area contributed by atoms with Crippen LogP contribution in [0.25, 0.3) is 0 Å². The molecule has 1 atom stereocenters. The highest BCUT2D eigenvalue weighted by molar-refractivity contribution is 5.94. The number of ether oxygens (including phenoxy) is 1. The number of amides is 1. The van der Waals surface area contributed by atoms with Crippen molar-refractivity contribution in [3.8, 4) is 5.75 Å². The molecule has 7 nitrogen and oxygen atoms in total. The summed E-state index contributed by atoms with van der Waals surface area (Å²) in [5.74, 6) is 1.70. The molecule has 1 unspecified atom stereocenters. The molecule has 7 heteroatoms. The average Bonchev–Trinajstić information content (AvgIpc) is 3.26. The molecule has 1 fully saturated rings. The van der Waals surface area contributed by atoms with Gasteiger partial charge in [-0.3, -0.25) is 14.7 Å². The third kappa shape index (κ3) is 5.24. The van der Waals surface area contributed by atoms with Gasteiger partial charge in [0.15, 0.2) is 0 Å². The molecule has 0 radical (unpaired) electrons. The van der Waals surface area contributed by atoms with E-state index in [-0.39, 0.29) is 11.8 Å². The van der Waals surface area contributed by atoms with Gasteiger partial charge in [-0.25, -0.2) is 9.97 Å². The molecule has 3 heterocycles. The van der Waals surface area contributed by atoms with Crippen molar-refractivity contribution in [1.82, 2.24) is 25.2 Å². The summed E-state index contributed by atoms with van der Waals surface area (Å²) in [5.41, 5.74) is 3.46. The molecule has 1 saturated heterocycles. The summed E-state index contributed by atoms with van der Waals surface area (Å²) < 4.78 is 5.23. The predicted molar refractivity (Wildman–Crippen MR) is 118 cm³/mol. The van der Waals surface area contributed by atoms with Gasteiger partial charge in [-0.15, -0.1) is 0 Å². The first kappa shape index (κ1) is 20.9. The van der Waals surface area contributed by atoms with Crippen LogP contribution in [0.2, 0.25) is 0 Å². The standard InChI is InChI=1S/C24H27N5O2/c1-17-22(24(30)27-13-19-4-3-5-21(12-19)31-2)14-26-23(28-17)20-8-11-29(16-20)15-18-6-9-25-10-7-18/h3-7,9-10,12,14,20H,8,11,13,15-16H2,1-2H3,(H,27,30). The van der Waals surface area contributed by atoms with Gasteiger partial charge in [0, 0.05) is 44.1 Å². The maximum atomic E-state index is 12.6. The van der Waals surface area contributed by atoms with Crippen LogP contribution in [0.5, 0.6) is 5.75 Å². The van der Waals surface area contributed by atoms with Gasteiger partial charge < -0.3 is 10.1 Å². The van der Waals surface area contributed by atoms with Crippen molar-refractivity contribution >= 4 is 5.91 Å². The van der Waals surface area contributed by atoms with E-state index in [0.29, 0.717) is 17.8 Å². The number of aryl methyl sites for hydroxylation is 1. The zero-order valence-electron chi connectivity index (χ0n) is 17.9. The van der Waals surface area contributed by atoms with E-state index in [9.17, 15) is 4.79 Å². The second-order valence-electron chi connectivity index (χ2n) is 7.84. The fourth-order valence-electron chi connectivity index (χ4n) is 3.90. The summed E-state index contributed by atoms with van der Waals surface area (Å²) in [6, 6.07) is 11.7. The van der Waals surface area contributed by atoms with E-state index in [2.05, 4.69) is 25.2 Å². The van der Waals surface area contributed by atoms with Crippen LogP contribution in [0.3, 0.4) is 0 Å². The third-order valence-corrected chi connectivity index (χ3v) is 5.62. The van der Waals surface area contributed by atoms with Gasteiger partial charge in [-0.1, -0.05) is 12.1 Å². The van der Waals surface area contributed by atoms with E-state index >= 15 is 0 Å². The van der Waals surface area contributed by atoms with Gasteiger partial charge in [-0.05, 0) is 55.3 Å². The van der Waals surface area contributed by atoms with Gasteiger partial charge >= 0.3 is 0 Å². The molecule has 3 aromatic rings. The predicted octanol–water partition coefficient (Wildman–Crippen LogP) is 3.11. The topological polar surface area (TPSA) is 80.2 Å². The molecule has 0 saturated carbocycles. The number of rotatable bonds is 7. The number of nitrogens with zero attached hydrogens (tertiary/aromatic N) is 4. The fraction of sp³-hybridized carbons (Fsp3) is 0.333. The molecule has 0 spiro atoms. The Morgan fingerprint density at radius 3 is 2.84 bits per heavy atom. The van der Waals surface area contributed by atoms with Crippen LogP contribution < -0.4 is 10.1 Å². The first-order chi connectivity index (χ1) is 15.1. The minimum Gasteiger partial charge on any atom is -0.497 e. The fourth-order valence-corrected chi connectivity index (χ4v) is 3.90. The van der Waals surface area contributed by atoms with Crippen LogP contribution in [-0.2, 0) is 13.1 Å². The third-order valence-electron chi connectivity index (χ3n) is 5.62. The number of methoxy groups -OCH3 is 1. The summed E-state index contributed by atoms with van der Waals surface area (Å²) in [4.78, 5) is 28.3. The van der Waals surface area contributed by atoms with Crippen molar-refractivity contribution in [3.63, 3.8) is 0 Å². The number of pyridine rings is 1. The van der Waals surface area contributed by atoms with Crippen LogP contribution in [0.1, 0.15) is 45.3 Å². The van der Waals surface area contributed by atoms with Crippen LogP contribution in [0.4, 0.5) is 0 Å². The Hall–Kier alpha value is -3.32. The Kier molecular flexibility index (Phi) is 6.52. The van der Waals surface area contributed by atoms with E-state index < -0.39 is 0 Å². The highest BCUT2D eigenvalue weighted by Crippen LogP contribution is 2.26. The number of carbonyl (C=O) groups is 1. The summed E-state index contributed by atoms with van der Waals surface area (Å²) in [7, 11) is 1.63. The molecule has 1 aliphatic rings. The number of carbonyl (C=O) groups excluding carboxylic acids is 1. The lowest BCUT2D eigenvalue weighted by Crippen LogP contribution is -2.25. The molecule has 31 heavy (non-hydrogen) atoms. The van der Waals surface area contributed by atoms with E-state index in [1.54, 1.807) is 13.3 Å². The van der Waals surface area contributed by atoms with Crippen molar-refractivity contribution in [3.05, 3.63) is 83.2 Å². The molecule has 1 aliphatic heterocycles. The van der Waals surface area contributed by atoms with Crippen LogP contribution >= 0.6 is 0 Å². The Labute approximate surface area is 182 Å². The lowest BCUT2D eigenvalue weighted by atomic mass is 10.1. The smallest absolute Gasteiger partial charge is 0.254 e. The van der Waals surface area contributed by atoms with Crippen molar-refractivity contribution < 1.29 is 9.53 Å². The van der Waals surface area contributed by atoms with E-state index in [1.165, 1.54) is 5.56 Å². The molecule has 1 aromatic carbocycles. The van der Waals surface area contributed by atoms with Crippen molar-refractivity contribution in [2.75, 3.05) is 20.2 Å². The van der Waals surface area contributed by atoms with Gasteiger partial charge in [0.25, 0.3) is 5.91 Å². The number of benzene rings is 1. The molecule has 160 valence electrons. The Morgan fingerprint density at radius 2 is 2.06 bits per heavy atom. The second kappa shape index (κ2) is 9.66. The number of likely N-dealkylation sites (tertiary alicyclic amines) is 1. The minimum absolute atomic E-state index is 0.169. The first-order valence-corrected chi connectivity index (χ1v) is 10.5. The van der Waals surface area contributed by atoms with Gasteiger partial charge in [-0.2, -0.15) is 0 Å². The number of nitrogens with one attached hydrogen (secondary N) is 1. The van der Waals surface area contributed by atoms with Crippen LogP contribution in [0.15, 0.2) is 55.0 Å². The highest BCUT2D eigenvalue weighted by atomic mass is 16.5. The molecule has 2 aromatic heterocycles. The van der Waals surface area contributed by atoms with Crippen LogP contribution in [0, 0.1) is 6.92 Å². The number of aromatic nitrogens is 3. The Morgan fingerprint density at radius 1 is 1.23 bits per heavy atom. The first-order valence-electron chi connectivity index (χ1n) is 10.5. The number of hydrogen-bond donors (Lipinski definition) is 1. The molecular formula is C24H27N5O2. The number of hydrogen-bond acceptors (Lipinski definition) is 6. The summed E-state index contributed by atoms with van der Waals surface area (Å²) in [6.07, 6.45) is 6.33. The van der Waals surface area contributed by atoms with E-state index in [4.69, 9.17) is 4.74 Å². The van der Waals surface area contributed by atoms with Crippen molar-refractivity contribution in [2.24, 2.45) is 0 Å². The van der Waals surface area contributed by atoms with Crippen LogP contribution in [-0.4, -0.2) is 46.0 Å². The van der Waals surface area contributed by atoms with Gasteiger partial charge in [0.1, 0.15) is 11.6 Å². The maximum Gasteiger partial charge on any atom is 0.254 e. The monoisotopic (exact) mass is 417 g/mol. The normalized spacial score (nSPS) is 16.3. The highest BCUT2D eigenvalue weighted by Gasteiger charge is 2.26. The molecular weight excluding hydrogens is 390 g/mol. The summed E-state index contributed by atoms with van der Waals surface area (Å²) in [6.45, 7) is 5.13. The van der Waals surface area contributed by atoms with Crippen molar-refractivity contribution in [2.45, 2.75) is 32.4 Å². The molecule has 0 aliphatic carbocycles. The molecule has 0 bridgehead atoms. The second-order valence-corrected chi connectivity index (χ2v) is 7.84. The lowest BCUT2D eigenvalue weighted by molar-refractivity contribution is 0.0949. The Balaban J connectivity index is 1.36.